The lowest BCUT2D eigenvalue weighted by molar-refractivity contribution is -0.144. The van der Waals surface area contributed by atoms with Crippen LogP contribution in [0.3, 0.4) is 0 Å². The Morgan fingerprint density at radius 2 is 1.88 bits per heavy atom. The predicted molar refractivity (Wildman–Crippen MR) is 65.5 cm³/mol. The third kappa shape index (κ3) is 3.78. The van der Waals surface area contributed by atoms with E-state index in [9.17, 15) is 4.79 Å². The van der Waals surface area contributed by atoms with Crippen LogP contribution in [0, 0.1) is 11.8 Å². The first kappa shape index (κ1) is 13.5. The van der Waals surface area contributed by atoms with E-state index in [4.69, 9.17) is 5.11 Å². The molecule has 1 aliphatic rings. The van der Waals surface area contributed by atoms with Crippen molar-refractivity contribution in [3.63, 3.8) is 0 Å². The van der Waals surface area contributed by atoms with Crippen LogP contribution in [0.2, 0.25) is 0 Å². The van der Waals surface area contributed by atoms with Gasteiger partial charge >= 0.3 is 5.97 Å². The summed E-state index contributed by atoms with van der Waals surface area (Å²) in [5, 5.41) is 9.16. The van der Waals surface area contributed by atoms with Crippen LogP contribution in [-0.4, -0.2) is 35.6 Å². The molecule has 1 N–H and O–H groups in total. The minimum absolute atomic E-state index is 0.212. The van der Waals surface area contributed by atoms with Gasteiger partial charge in [0, 0.05) is 12.6 Å². The highest BCUT2D eigenvalue weighted by Gasteiger charge is 2.26. The molecular weight excluding hydrogens is 202 g/mol. The number of rotatable bonds is 5. The van der Waals surface area contributed by atoms with Gasteiger partial charge in [-0.05, 0) is 25.8 Å². The SMILES string of the molecule is CC(C)C(CN(C)C1CCCCC1)C(=O)O. The van der Waals surface area contributed by atoms with Crippen molar-refractivity contribution in [1.82, 2.24) is 4.90 Å². The minimum atomic E-state index is -0.655. The average Bonchev–Trinajstić information content (AvgIpc) is 2.25. The van der Waals surface area contributed by atoms with Gasteiger partial charge in [0.05, 0.1) is 5.92 Å². The molecule has 1 atom stereocenters. The Labute approximate surface area is 98.8 Å². The molecule has 1 saturated carbocycles. The topological polar surface area (TPSA) is 40.5 Å². The van der Waals surface area contributed by atoms with Crippen molar-refractivity contribution in [2.75, 3.05) is 13.6 Å². The van der Waals surface area contributed by atoms with Crippen LogP contribution in [0.5, 0.6) is 0 Å². The van der Waals surface area contributed by atoms with Crippen LogP contribution in [-0.2, 0) is 4.79 Å². The molecule has 3 heteroatoms. The number of aliphatic carboxylic acids is 1. The van der Waals surface area contributed by atoms with E-state index in [0.717, 1.165) is 0 Å². The third-order valence-electron chi connectivity index (χ3n) is 3.80. The molecule has 1 aliphatic carbocycles. The summed E-state index contributed by atoms with van der Waals surface area (Å²) >= 11 is 0. The molecule has 0 bridgehead atoms. The third-order valence-corrected chi connectivity index (χ3v) is 3.80. The van der Waals surface area contributed by atoms with Crippen molar-refractivity contribution < 1.29 is 9.90 Å². The molecule has 0 heterocycles. The van der Waals surface area contributed by atoms with E-state index >= 15 is 0 Å². The fourth-order valence-corrected chi connectivity index (χ4v) is 2.56. The molecule has 16 heavy (non-hydrogen) atoms. The van der Waals surface area contributed by atoms with E-state index in [1.165, 1.54) is 32.1 Å². The maximum atomic E-state index is 11.1. The van der Waals surface area contributed by atoms with Crippen molar-refractivity contribution in [3.05, 3.63) is 0 Å². The summed E-state index contributed by atoms with van der Waals surface area (Å²) < 4.78 is 0. The molecule has 0 aromatic carbocycles. The van der Waals surface area contributed by atoms with Crippen molar-refractivity contribution in [3.8, 4) is 0 Å². The van der Waals surface area contributed by atoms with Gasteiger partial charge in [-0.25, -0.2) is 0 Å². The van der Waals surface area contributed by atoms with Gasteiger partial charge in [-0.1, -0.05) is 33.1 Å². The maximum Gasteiger partial charge on any atom is 0.308 e. The highest BCUT2D eigenvalue weighted by molar-refractivity contribution is 5.70. The van der Waals surface area contributed by atoms with Crippen LogP contribution in [0.4, 0.5) is 0 Å². The van der Waals surface area contributed by atoms with E-state index in [-0.39, 0.29) is 11.8 Å². The molecule has 0 aliphatic heterocycles. The summed E-state index contributed by atoms with van der Waals surface area (Å²) in [6.45, 7) is 4.68. The van der Waals surface area contributed by atoms with Crippen LogP contribution >= 0.6 is 0 Å². The summed E-state index contributed by atoms with van der Waals surface area (Å²) in [5.74, 6) is -0.673. The zero-order valence-electron chi connectivity index (χ0n) is 10.8. The highest BCUT2D eigenvalue weighted by atomic mass is 16.4. The lowest BCUT2D eigenvalue weighted by atomic mass is 9.91. The summed E-state index contributed by atoms with van der Waals surface area (Å²) in [4.78, 5) is 13.4. The molecular formula is C13H25NO2. The van der Waals surface area contributed by atoms with Crippen molar-refractivity contribution >= 4 is 5.97 Å². The van der Waals surface area contributed by atoms with Gasteiger partial charge in [0.25, 0.3) is 0 Å². The average molecular weight is 227 g/mol. The lowest BCUT2D eigenvalue weighted by Crippen LogP contribution is -2.40. The molecule has 94 valence electrons. The first-order chi connectivity index (χ1) is 7.52. The monoisotopic (exact) mass is 227 g/mol. The predicted octanol–water partition coefficient (Wildman–Crippen LogP) is 2.61. The van der Waals surface area contributed by atoms with E-state index in [2.05, 4.69) is 11.9 Å². The zero-order chi connectivity index (χ0) is 12.1. The first-order valence-corrected chi connectivity index (χ1v) is 6.45. The smallest absolute Gasteiger partial charge is 0.308 e. The lowest BCUT2D eigenvalue weighted by Gasteiger charge is -2.33. The Hall–Kier alpha value is -0.570. The molecule has 1 unspecified atom stereocenters. The molecule has 3 nitrogen and oxygen atoms in total. The fourth-order valence-electron chi connectivity index (χ4n) is 2.56. The van der Waals surface area contributed by atoms with Gasteiger partial charge < -0.3 is 10.0 Å². The van der Waals surface area contributed by atoms with Crippen LogP contribution in [0.15, 0.2) is 0 Å². The number of carboxylic acid groups (broad SMARTS) is 1. The normalized spacial score (nSPS) is 20.3. The van der Waals surface area contributed by atoms with Crippen LogP contribution in [0.1, 0.15) is 46.0 Å². The Kier molecular flexibility index (Phi) is 5.26. The number of hydrogen-bond acceptors (Lipinski definition) is 2. The van der Waals surface area contributed by atoms with Gasteiger partial charge in [-0.15, -0.1) is 0 Å². The molecule has 1 fully saturated rings. The maximum absolute atomic E-state index is 11.1. The number of carbonyl (C=O) groups is 1. The first-order valence-electron chi connectivity index (χ1n) is 6.45. The highest BCUT2D eigenvalue weighted by Crippen LogP contribution is 2.23. The molecule has 0 radical (unpaired) electrons. The summed E-state index contributed by atoms with van der Waals surface area (Å²) in [6, 6.07) is 0.606. The molecule has 0 amide bonds. The fraction of sp³-hybridized carbons (Fsp3) is 0.923. The van der Waals surface area contributed by atoms with Crippen LogP contribution < -0.4 is 0 Å². The van der Waals surface area contributed by atoms with E-state index < -0.39 is 5.97 Å². The molecule has 0 spiro atoms. The van der Waals surface area contributed by atoms with E-state index in [0.29, 0.717) is 12.6 Å². The Morgan fingerprint density at radius 1 is 1.31 bits per heavy atom. The largest absolute Gasteiger partial charge is 0.481 e. The Morgan fingerprint density at radius 3 is 2.31 bits per heavy atom. The number of carboxylic acids is 1. The van der Waals surface area contributed by atoms with Crippen LogP contribution in [0.25, 0.3) is 0 Å². The summed E-state index contributed by atoms with van der Waals surface area (Å²) in [6.07, 6.45) is 6.42. The van der Waals surface area contributed by atoms with Crippen molar-refractivity contribution in [2.24, 2.45) is 11.8 Å². The van der Waals surface area contributed by atoms with Gasteiger partial charge in [-0.3, -0.25) is 4.79 Å². The second-order valence-electron chi connectivity index (χ2n) is 5.42. The van der Waals surface area contributed by atoms with Gasteiger partial charge in [0.2, 0.25) is 0 Å². The Balaban J connectivity index is 2.46. The van der Waals surface area contributed by atoms with Gasteiger partial charge in [-0.2, -0.15) is 0 Å². The number of hydrogen-bond donors (Lipinski definition) is 1. The molecule has 1 rings (SSSR count). The van der Waals surface area contributed by atoms with E-state index in [1.54, 1.807) is 0 Å². The number of nitrogens with zero attached hydrogens (tertiary/aromatic N) is 1. The molecule has 0 aromatic heterocycles. The summed E-state index contributed by atoms with van der Waals surface area (Å²) in [5.41, 5.74) is 0. The quantitative estimate of drug-likeness (QED) is 0.785. The van der Waals surface area contributed by atoms with Gasteiger partial charge in [0.15, 0.2) is 0 Å². The van der Waals surface area contributed by atoms with Crippen molar-refractivity contribution in [2.45, 2.75) is 52.0 Å². The van der Waals surface area contributed by atoms with E-state index in [1.807, 2.05) is 13.8 Å². The molecule has 0 saturated heterocycles. The second-order valence-corrected chi connectivity index (χ2v) is 5.42. The van der Waals surface area contributed by atoms with Gasteiger partial charge in [0.1, 0.15) is 0 Å². The Bertz CT molecular complexity index is 222. The van der Waals surface area contributed by atoms with Crippen molar-refractivity contribution in [1.29, 1.82) is 0 Å². The minimum Gasteiger partial charge on any atom is -0.481 e. The standard InChI is InChI=1S/C13H25NO2/c1-10(2)12(13(15)16)9-14(3)11-7-5-4-6-8-11/h10-12H,4-9H2,1-3H3,(H,15,16). The molecule has 0 aromatic rings. The second kappa shape index (κ2) is 6.24. The summed E-state index contributed by atoms with van der Waals surface area (Å²) in [7, 11) is 2.08. The zero-order valence-corrected chi connectivity index (χ0v) is 10.8.